The molecule has 0 radical (unpaired) electrons. The van der Waals surface area contributed by atoms with Gasteiger partial charge in [-0.2, -0.15) is 0 Å². The minimum absolute atomic E-state index is 0.456. The summed E-state index contributed by atoms with van der Waals surface area (Å²) in [7, 11) is 1.66. The van der Waals surface area contributed by atoms with Crippen LogP contribution in [0.5, 0.6) is 0 Å². The van der Waals surface area contributed by atoms with Crippen molar-refractivity contribution in [2.45, 2.75) is 64.5 Å². The Bertz CT molecular complexity index is 431. The number of nitrogens with one attached hydrogen (secondary N) is 1. The highest BCUT2D eigenvalue weighted by atomic mass is 35.5. The first-order chi connectivity index (χ1) is 10.2. The van der Waals surface area contributed by atoms with Gasteiger partial charge in [0.15, 0.2) is 0 Å². The quantitative estimate of drug-likeness (QED) is 0.766. The Morgan fingerprint density at radius 3 is 2.76 bits per heavy atom. The minimum atomic E-state index is 0.456. The van der Waals surface area contributed by atoms with Crippen LogP contribution >= 0.6 is 11.6 Å². The maximum atomic E-state index is 6.40. The second kappa shape index (κ2) is 8.60. The first kappa shape index (κ1) is 16.6. The van der Waals surface area contributed by atoms with Gasteiger partial charge in [-0.25, -0.2) is 0 Å². The molecule has 118 valence electrons. The van der Waals surface area contributed by atoms with Crippen molar-refractivity contribution < 1.29 is 4.74 Å². The van der Waals surface area contributed by atoms with Crippen LogP contribution in [-0.2, 0) is 11.3 Å². The third-order valence-corrected chi connectivity index (χ3v) is 4.84. The standard InChI is InChI=1S/C17H27ClN2O/c1-3-4-5-13-6-8-14(9-7-13)20-15-10-11-19-16(12-21-2)17(15)18/h10-11,13-14H,3-9,12H2,1-2H3,(H,19,20)/t13-,14-. The van der Waals surface area contributed by atoms with Crippen molar-refractivity contribution in [3.05, 3.63) is 23.0 Å². The zero-order valence-corrected chi connectivity index (χ0v) is 14.0. The van der Waals surface area contributed by atoms with Crippen molar-refractivity contribution in [2.75, 3.05) is 12.4 Å². The summed E-state index contributed by atoms with van der Waals surface area (Å²) in [4.78, 5) is 4.27. The van der Waals surface area contributed by atoms with Gasteiger partial charge in [-0.15, -0.1) is 0 Å². The minimum Gasteiger partial charge on any atom is -0.381 e. The largest absolute Gasteiger partial charge is 0.381 e. The molecule has 0 aromatic carbocycles. The van der Waals surface area contributed by atoms with Gasteiger partial charge in [-0.1, -0.05) is 37.8 Å². The molecule has 3 nitrogen and oxygen atoms in total. The highest BCUT2D eigenvalue weighted by Gasteiger charge is 2.21. The van der Waals surface area contributed by atoms with Crippen LogP contribution in [0.25, 0.3) is 0 Å². The van der Waals surface area contributed by atoms with E-state index in [1.54, 1.807) is 13.3 Å². The number of nitrogens with zero attached hydrogens (tertiary/aromatic N) is 1. The average molecular weight is 311 g/mol. The van der Waals surface area contributed by atoms with Crippen molar-refractivity contribution in [1.82, 2.24) is 4.98 Å². The van der Waals surface area contributed by atoms with Gasteiger partial charge in [0.1, 0.15) is 0 Å². The smallest absolute Gasteiger partial charge is 0.0900 e. The molecular weight excluding hydrogens is 284 g/mol. The van der Waals surface area contributed by atoms with Gasteiger partial charge >= 0.3 is 0 Å². The van der Waals surface area contributed by atoms with Gasteiger partial charge in [0.2, 0.25) is 0 Å². The predicted molar refractivity (Wildman–Crippen MR) is 88.9 cm³/mol. The second-order valence-electron chi connectivity index (χ2n) is 6.06. The number of halogens is 1. The molecule has 0 amide bonds. The van der Waals surface area contributed by atoms with E-state index in [9.17, 15) is 0 Å². The Hall–Kier alpha value is -0.800. The molecule has 1 aliphatic carbocycles. The molecule has 1 saturated carbocycles. The van der Waals surface area contributed by atoms with Gasteiger partial charge in [0, 0.05) is 19.3 Å². The first-order valence-electron chi connectivity index (χ1n) is 8.13. The van der Waals surface area contributed by atoms with E-state index in [1.165, 1.54) is 44.9 Å². The lowest BCUT2D eigenvalue weighted by atomic mass is 9.83. The molecular formula is C17H27ClN2O. The van der Waals surface area contributed by atoms with Gasteiger partial charge in [-0.05, 0) is 37.7 Å². The summed E-state index contributed by atoms with van der Waals surface area (Å²) < 4.78 is 5.13. The molecule has 2 rings (SSSR count). The first-order valence-corrected chi connectivity index (χ1v) is 8.51. The Balaban J connectivity index is 1.87. The summed E-state index contributed by atoms with van der Waals surface area (Å²) in [5, 5.41) is 4.30. The van der Waals surface area contributed by atoms with E-state index in [1.807, 2.05) is 6.07 Å². The van der Waals surface area contributed by atoms with Crippen LogP contribution in [0.4, 0.5) is 5.69 Å². The Morgan fingerprint density at radius 1 is 1.33 bits per heavy atom. The Labute approximate surface area is 133 Å². The highest BCUT2D eigenvalue weighted by molar-refractivity contribution is 6.33. The normalized spacial score (nSPS) is 22.2. The number of ether oxygens (including phenoxy) is 1. The summed E-state index contributed by atoms with van der Waals surface area (Å²) in [5.41, 5.74) is 1.80. The van der Waals surface area contributed by atoms with Crippen LogP contribution < -0.4 is 5.32 Å². The third-order valence-electron chi connectivity index (χ3n) is 4.41. The maximum absolute atomic E-state index is 6.40. The second-order valence-corrected chi connectivity index (χ2v) is 6.43. The van der Waals surface area contributed by atoms with E-state index in [-0.39, 0.29) is 0 Å². The monoisotopic (exact) mass is 310 g/mol. The molecule has 21 heavy (non-hydrogen) atoms. The van der Waals surface area contributed by atoms with Crippen LogP contribution in [0.3, 0.4) is 0 Å². The molecule has 1 aromatic heterocycles. The highest BCUT2D eigenvalue weighted by Crippen LogP contribution is 2.32. The van der Waals surface area contributed by atoms with Gasteiger partial charge in [-0.3, -0.25) is 4.98 Å². The average Bonchev–Trinajstić information content (AvgIpc) is 2.51. The summed E-state index contributed by atoms with van der Waals surface area (Å²) in [6.07, 6.45) is 11.1. The number of pyridine rings is 1. The van der Waals surface area contributed by atoms with Crippen LogP contribution in [0.2, 0.25) is 5.02 Å². The molecule has 1 aromatic rings. The lowest BCUT2D eigenvalue weighted by Crippen LogP contribution is -2.26. The number of rotatable bonds is 7. The number of unbranched alkanes of at least 4 members (excludes halogenated alkanes) is 1. The fourth-order valence-electron chi connectivity index (χ4n) is 3.14. The topological polar surface area (TPSA) is 34.2 Å². The molecule has 1 heterocycles. The molecule has 0 bridgehead atoms. The molecule has 1 N–H and O–H groups in total. The lowest BCUT2D eigenvalue weighted by Gasteiger charge is -2.30. The fraction of sp³-hybridized carbons (Fsp3) is 0.706. The van der Waals surface area contributed by atoms with E-state index in [2.05, 4.69) is 17.2 Å². The SMILES string of the molecule is CCCC[C@H]1CC[C@H](Nc2ccnc(COC)c2Cl)CC1. The van der Waals surface area contributed by atoms with Crippen LogP contribution in [0.15, 0.2) is 12.3 Å². The molecule has 0 saturated heterocycles. The fourth-order valence-corrected chi connectivity index (χ4v) is 3.36. The zero-order chi connectivity index (χ0) is 15.1. The predicted octanol–water partition coefficient (Wildman–Crippen LogP) is 5.04. The number of anilines is 1. The zero-order valence-electron chi connectivity index (χ0n) is 13.2. The molecule has 1 fully saturated rings. The summed E-state index contributed by atoms with van der Waals surface area (Å²) in [5.74, 6) is 0.931. The summed E-state index contributed by atoms with van der Waals surface area (Å²) in [6.45, 7) is 2.73. The van der Waals surface area contributed by atoms with Gasteiger partial charge < -0.3 is 10.1 Å². The molecule has 0 atom stereocenters. The van der Waals surface area contributed by atoms with E-state index >= 15 is 0 Å². The lowest BCUT2D eigenvalue weighted by molar-refractivity contribution is 0.181. The van der Waals surface area contributed by atoms with E-state index in [0.29, 0.717) is 17.7 Å². The molecule has 1 aliphatic rings. The summed E-state index contributed by atoms with van der Waals surface area (Å²) in [6, 6.07) is 2.50. The number of hydrogen-bond donors (Lipinski definition) is 1. The van der Waals surface area contributed by atoms with E-state index in [4.69, 9.17) is 16.3 Å². The van der Waals surface area contributed by atoms with Gasteiger partial charge in [0.25, 0.3) is 0 Å². The van der Waals surface area contributed by atoms with Crippen molar-refractivity contribution in [2.24, 2.45) is 5.92 Å². The molecule has 4 heteroatoms. The Morgan fingerprint density at radius 2 is 2.10 bits per heavy atom. The number of aromatic nitrogens is 1. The van der Waals surface area contributed by atoms with Crippen molar-refractivity contribution in [3.8, 4) is 0 Å². The molecule has 0 unspecified atom stereocenters. The summed E-state index contributed by atoms with van der Waals surface area (Å²) >= 11 is 6.40. The third kappa shape index (κ3) is 4.86. The van der Waals surface area contributed by atoms with Crippen LogP contribution in [0, 0.1) is 5.92 Å². The van der Waals surface area contributed by atoms with E-state index < -0.39 is 0 Å². The van der Waals surface area contributed by atoms with E-state index in [0.717, 1.165) is 17.3 Å². The molecule has 0 spiro atoms. The van der Waals surface area contributed by atoms with Crippen LogP contribution in [-0.4, -0.2) is 18.1 Å². The number of methoxy groups -OCH3 is 1. The maximum Gasteiger partial charge on any atom is 0.0900 e. The van der Waals surface area contributed by atoms with Crippen molar-refractivity contribution in [3.63, 3.8) is 0 Å². The Kier molecular flexibility index (Phi) is 6.78. The van der Waals surface area contributed by atoms with Crippen molar-refractivity contribution >= 4 is 17.3 Å². The number of hydrogen-bond acceptors (Lipinski definition) is 3. The van der Waals surface area contributed by atoms with Crippen LogP contribution in [0.1, 0.15) is 57.6 Å². The van der Waals surface area contributed by atoms with Gasteiger partial charge in [0.05, 0.1) is 23.0 Å². The van der Waals surface area contributed by atoms with Crippen molar-refractivity contribution in [1.29, 1.82) is 0 Å². The molecule has 0 aliphatic heterocycles.